The molecule has 5 heteroatoms. The second-order valence-corrected chi connectivity index (χ2v) is 6.99. The Morgan fingerprint density at radius 2 is 1.96 bits per heavy atom. The van der Waals surface area contributed by atoms with Crippen LogP contribution < -0.4 is 14.4 Å². The van der Waals surface area contributed by atoms with Crippen molar-refractivity contribution in [2.75, 3.05) is 32.7 Å². The lowest BCUT2D eigenvalue weighted by molar-refractivity contribution is -0.123. The Morgan fingerprint density at radius 3 is 2.70 bits per heavy atom. The Labute approximate surface area is 161 Å². The summed E-state index contributed by atoms with van der Waals surface area (Å²) in [4.78, 5) is 17.2. The maximum Gasteiger partial charge on any atom is 0.244 e. The van der Waals surface area contributed by atoms with Gasteiger partial charge in [-0.15, -0.1) is 0 Å². The van der Waals surface area contributed by atoms with Crippen LogP contribution in [0, 0.1) is 0 Å². The van der Waals surface area contributed by atoms with Gasteiger partial charge in [0.1, 0.15) is 11.5 Å². The molecular weight excluding hydrogens is 340 g/mol. The number of benzene rings is 2. The van der Waals surface area contributed by atoms with Gasteiger partial charge in [-0.1, -0.05) is 24.3 Å². The van der Waals surface area contributed by atoms with E-state index in [2.05, 4.69) is 11.0 Å². The van der Waals surface area contributed by atoms with Crippen molar-refractivity contribution in [1.29, 1.82) is 0 Å². The summed E-state index contributed by atoms with van der Waals surface area (Å²) >= 11 is 0. The van der Waals surface area contributed by atoms with E-state index < -0.39 is 0 Å². The summed E-state index contributed by atoms with van der Waals surface area (Å²) in [5, 5.41) is 0. The highest BCUT2D eigenvalue weighted by molar-refractivity contribution is 5.98. The van der Waals surface area contributed by atoms with E-state index in [-0.39, 0.29) is 11.9 Å². The van der Waals surface area contributed by atoms with E-state index in [4.69, 9.17) is 9.47 Å². The van der Waals surface area contributed by atoms with Crippen LogP contribution in [0.5, 0.6) is 11.5 Å². The van der Waals surface area contributed by atoms with Gasteiger partial charge in [0.15, 0.2) is 0 Å². The predicted octanol–water partition coefficient (Wildman–Crippen LogP) is 3.50. The number of amides is 1. The number of hydrogen-bond donors (Lipinski definition) is 0. The van der Waals surface area contributed by atoms with Gasteiger partial charge in [-0.2, -0.15) is 0 Å². The largest absolute Gasteiger partial charge is 0.497 e. The molecular formula is C22H28N2O3. The quantitative estimate of drug-likeness (QED) is 0.783. The smallest absolute Gasteiger partial charge is 0.244 e. The number of carbonyl (C=O) groups is 1. The highest BCUT2D eigenvalue weighted by Crippen LogP contribution is 2.29. The fourth-order valence-corrected chi connectivity index (χ4v) is 3.56. The Balaban J connectivity index is 1.74. The van der Waals surface area contributed by atoms with Gasteiger partial charge in [0.25, 0.3) is 0 Å². The third-order valence-corrected chi connectivity index (χ3v) is 5.31. The number of fused-ring (bicyclic) bond motifs is 1. The summed E-state index contributed by atoms with van der Waals surface area (Å²) in [7, 11) is 5.26. The zero-order chi connectivity index (χ0) is 19.4. The first-order chi connectivity index (χ1) is 13.0. The van der Waals surface area contributed by atoms with Crippen molar-refractivity contribution in [3.05, 3.63) is 53.6 Å². The lowest BCUT2D eigenvalue weighted by atomic mass is 10.0. The van der Waals surface area contributed by atoms with E-state index in [1.165, 1.54) is 5.56 Å². The molecule has 0 bridgehead atoms. The van der Waals surface area contributed by atoms with Crippen molar-refractivity contribution in [3.63, 3.8) is 0 Å². The van der Waals surface area contributed by atoms with Crippen molar-refractivity contribution >= 4 is 11.6 Å². The minimum Gasteiger partial charge on any atom is -0.497 e. The van der Waals surface area contributed by atoms with Crippen LogP contribution in [0.2, 0.25) is 0 Å². The minimum absolute atomic E-state index is 0.136. The number of likely N-dealkylation sites (N-methyl/N-ethyl adjacent to an activating group) is 1. The molecule has 27 heavy (non-hydrogen) atoms. The number of anilines is 1. The Bertz CT molecular complexity index is 806. The molecule has 1 atom stereocenters. The van der Waals surface area contributed by atoms with Crippen molar-refractivity contribution in [1.82, 2.24) is 4.90 Å². The van der Waals surface area contributed by atoms with E-state index in [1.807, 2.05) is 55.3 Å². The van der Waals surface area contributed by atoms with Gasteiger partial charge in [-0.3, -0.25) is 9.69 Å². The van der Waals surface area contributed by atoms with Crippen molar-refractivity contribution in [2.45, 2.75) is 32.4 Å². The Kier molecular flexibility index (Phi) is 6.01. The van der Waals surface area contributed by atoms with Crippen LogP contribution in [0.1, 0.15) is 24.5 Å². The van der Waals surface area contributed by atoms with Crippen LogP contribution in [0.3, 0.4) is 0 Å². The number of para-hydroxylation sites is 1. The predicted molar refractivity (Wildman–Crippen MR) is 108 cm³/mol. The van der Waals surface area contributed by atoms with Gasteiger partial charge < -0.3 is 14.4 Å². The van der Waals surface area contributed by atoms with Crippen LogP contribution in [0.15, 0.2) is 42.5 Å². The van der Waals surface area contributed by atoms with E-state index in [0.717, 1.165) is 42.1 Å². The highest BCUT2D eigenvalue weighted by atomic mass is 16.5. The number of hydrogen-bond acceptors (Lipinski definition) is 4. The molecule has 0 fully saturated rings. The molecule has 1 aliphatic heterocycles. The van der Waals surface area contributed by atoms with E-state index in [1.54, 1.807) is 14.2 Å². The zero-order valence-corrected chi connectivity index (χ0v) is 16.6. The van der Waals surface area contributed by atoms with Crippen LogP contribution in [0.4, 0.5) is 5.69 Å². The molecule has 0 saturated carbocycles. The molecule has 1 amide bonds. The standard InChI is InChI=1S/C22H28N2O3/c1-16(22(25)24-13-7-9-17-8-5-6-10-20(17)24)23(2)15-18-11-12-19(26-3)14-21(18)27-4/h5-6,8,10-12,14,16H,7,9,13,15H2,1-4H3. The van der Waals surface area contributed by atoms with Crippen LogP contribution in [0.25, 0.3) is 0 Å². The number of aryl methyl sites for hydroxylation is 1. The molecule has 3 rings (SSSR count). The molecule has 0 saturated heterocycles. The van der Waals surface area contributed by atoms with Crippen molar-refractivity contribution < 1.29 is 14.3 Å². The highest BCUT2D eigenvalue weighted by Gasteiger charge is 2.28. The van der Waals surface area contributed by atoms with E-state index >= 15 is 0 Å². The van der Waals surface area contributed by atoms with Gasteiger partial charge in [0.2, 0.25) is 5.91 Å². The molecule has 5 nitrogen and oxygen atoms in total. The summed E-state index contributed by atoms with van der Waals surface area (Å²) in [6.45, 7) is 3.37. The van der Waals surface area contributed by atoms with Crippen LogP contribution in [-0.4, -0.2) is 44.7 Å². The van der Waals surface area contributed by atoms with E-state index in [0.29, 0.717) is 6.54 Å². The first-order valence-corrected chi connectivity index (χ1v) is 9.35. The molecule has 0 aromatic heterocycles. The zero-order valence-electron chi connectivity index (χ0n) is 16.6. The Morgan fingerprint density at radius 1 is 1.19 bits per heavy atom. The molecule has 1 aliphatic rings. The maximum atomic E-state index is 13.2. The summed E-state index contributed by atoms with van der Waals surface area (Å²) in [5.41, 5.74) is 3.33. The lowest BCUT2D eigenvalue weighted by Gasteiger charge is -2.34. The van der Waals surface area contributed by atoms with E-state index in [9.17, 15) is 4.79 Å². The molecule has 0 spiro atoms. The second-order valence-electron chi connectivity index (χ2n) is 6.99. The fourth-order valence-electron chi connectivity index (χ4n) is 3.56. The molecule has 1 unspecified atom stereocenters. The number of rotatable bonds is 6. The SMILES string of the molecule is COc1ccc(CN(C)C(C)C(=O)N2CCCc3ccccc32)c(OC)c1. The first-order valence-electron chi connectivity index (χ1n) is 9.35. The number of nitrogens with zero attached hydrogens (tertiary/aromatic N) is 2. The second kappa shape index (κ2) is 8.44. The molecule has 2 aromatic rings. The normalized spacial score (nSPS) is 14.6. The molecule has 0 radical (unpaired) electrons. The topological polar surface area (TPSA) is 42.0 Å². The molecule has 0 N–H and O–H groups in total. The van der Waals surface area contributed by atoms with Gasteiger partial charge in [0, 0.05) is 30.4 Å². The number of methoxy groups -OCH3 is 2. The first kappa shape index (κ1) is 19.2. The number of carbonyl (C=O) groups excluding carboxylic acids is 1. The van der Waals surface area contributed by atoms with Crippen molar-refractivity contribution in [2.24, 2.45) is 0 Å². The number of ether oxygens (including phenoxy) is 2. The monoisotopic (exact) mass is 368 g/mol. The van der Waals surface area contributed by atoms with Gasteiger partial charge in [0.05, 0.1) is 20.3 Å². The third kappa shape index (κ3) is 4.08. The third-order valence-electron chi connectivity index (χ3n) is 5.31. The maximum absolute atomic E-state index is 13.2. The van der Waals surface area contributed by atoms with Gasteiger partial charge in [-0.05, 0) is 44.5 Å². The minimum atomic E-state index is -0.233. The van der Waals surface area contributed by atoms with Gasteiger partial charge >= 0.3 is 0 Å². The average Bonchev–Trinajstić information content (AvgIpc) is 2.72. The average molecular weight is 368 g/mol. The summed E-state index contributed by atoms with van der Waals surface area (Å²) in [6, 6.07) is 13.7. The Hall–Kier alpha value is -2.53. The molecule has 2 aromatic carbocycles. The van der Waals surface area contributed by atoms with Gasteiger partial charge in [-0.25, -0.2) is 0 Å². The summed E-state index contributed by atoms with van der Waals surface area (Å²) < 4.78 is 10.8. The van der Waals surface area contributed by atoms with Crippen molar-refractivity contribution in [3.8, 4) is 11.5 Å². The molecule has 144 valence electrons. The lowest BCUT2D eigenvalue weighted by Crippen LogP contribution is -2.47. The molecule has 1 heterocycles. The summed E-state index contributed by atoms with van der Waals surface area (Å²) in [5.74, 6) is 1.66. The van der Waals surface area contributed by atoms with Crippen LogP contribution >= 0.6 is 0 Å². The summed E-state index contributed by atoms with van der Waals surface area (Å²) in [6.07, 6.45) is 2.04. The molecule has 0 aliphatic carbocycles. The fraction of sp³-hybridized carbons (Fsp3) is 0.409. The van der Waals surface area contributed by atoms with Crippen LogP contribution in [-0.2, 0) is 17.8 Å².